The quantitative estimate of drug-likeness (QED) is 0.868. The molecule has 2 aromatic carbocycles. The highest BCUT2D eigenvalue weighted by Crippen LogP contribution is 2.28. The van der Waals surface area contributed by atoms with Crippen molar-refractivity contribution in [2.75, 3.05) is 6.54 Å². The molecule has 1 atom stereocenters. The van der Waals surface area contributed by atoms with Crippen molar-refractivity contribution in [3.63, 3.8) is 0 Å². The zero-order valence-electron chi connectivity index (χ0n) is 12.4. The monoisotopic (exact) mass is 287 g/mol. The van der Waals surface area contributed by atoms with E-state index in [2.05, 4.69) is 57.2 Å². The van der Waals surface area contributed by atoms with Crippen molar-refractivity contribution in [3.8, 4) is 0 Å². The Morgan fingerprint density at radius 3 is 1.75 bits per heavy atom. The maximum atomic E-state index is 5.97. The molecule has 2 rings (SSSR count). The van der Waals surface area contributed by atoms with Crippen LogP contribution in [-0.4, -0.2) is 6.54 Å². The fourth-order valence-corrected chi connectivity index (χ4v) is 2.50. The molecule has 0 aliphatic rings. The van der Waals surface area contributed by atoms with Crippen LogP contribution in [0, 0.1) is 0 Å². The van der Waals surface area contributed by atoms with Gasteiger partial charge in [-0.15, -0.1) is 0 Å². The minimum atomic E-state index is 0.178. The highest BCUT2D eigenvalue weighted by Gasteiger charge is 2.16. The maximum absolute atomic E-state index is 5.97. The summed E-state index contributed by atoms with van der Waals surface area (Å²) < 4.78 is 0. The highest BCUT2D eigenvalue weighted by molar-refractivity contribution is 6.30. The lowest BCUT2D eigenvalue weighted by atomic mass is 9.84. The molecule has 0 radical (unpaired) electrons. The molecular weight excluding hydrogens is 266 g/mol. The average Bonchev–Trinajstić information content (AvgIpc) is 2.41. The first-order chi connectivity index (χ1) is 9.41. The first-order valence-electron chi connectivity index (χ1n) is 6.98. The van der Waals surface area contributed by atoms with E-state index in [4.69, 9.17) is 17.3 Å². The molecule has 0 heterocycles. The molecule has 1 unspecified atom stereocenters. The van der Waals surface area contributed by atoms with Crippen LogP contribution in [-0.2, 0) is 5.41 Å². The minimum absolute atomic E-state index is 0.178. The standard InChI is InChI=1S/C18H22ClN/c1-18(2,3)15-8-4-13(5-9-15)17(12-20)14-6-10-16(19)11-7-14/h4-11,17H,12,20H2,1-3H3. The van der Waals surface area contributed by atoms with Crippen LogP contribution in [0.1, 0.15) is 43.4 Å². The first-order valence-corrected chi connectivity index (χ1v) is 7.35. The van der Waals surface area contributed by atoms with Gasteiger partial charge in [0.25, 0.3) is 0 Å². The van der Waals surface area contributed by atoms with Crippen LogP contribution < -0.4 is 5.73 Å². The van der Waals surface area contributed by atoms with E-state index < -0.39 is 0 Å². The lowest BCUT2D eigenvalue weighted by molar-refractivity contribution is 0.589. The van der Waals surface area contributed by atoms with Crippen LogP contribution in [0.3, 0.4) is 0 Å². The van der Waals surface area contributed by atoms with Gasteiger partial charge in [0.2, 0.25) is 0 Å². The van der Waals surface area contributed by atoms with Crippen LogP contribution in [0.4, 0.5) is 0 Å². The van der Waals surface area contributed by atoms with Crippen molar-refractivity contribution in [1.82, 2.24) is 0 Å². The van der Waals surface area contributed by atoms with Crippen molar-refractivity contribution in [2.45, 2.75) is 32.1 Å². The number of nitrogens with two attached hydrogens (primary N) is 1. The Morgan fingerprint density at radius 1 is 0.900 bits per heavy atom. The van der Waals surface area contributed by atoms with Gasteiger partial charge in [0, 0.05) is 17.5 Å². The van der Waals surface area contributed by atoms with Crippen LogP contribution in [0.5, 0.6) is 0 Å². The number of hydrogen-bond acceptors (Lipinski definition) is 1. The Bertz CT molecular complexity index is 549. The van der Waals surface area contributed by atoms with E-state index in [0.29, 0.717) is 6.54 Å². The van der Waals surface area contributed by atoms with Gasteiger partial charge < -0.3 is 5.73 Å². The molecule has 0 fully saturated rings. The zero-order chi connectivity index (χ0) is 14.8. The molecule has 0 amide bonds. The number of benzene rings is 2. The van der Waals surface area contributed by atoms with Gasteiger partial charge >= 0.3 is 0 Å². The minimum Gasteiger partial charge on any atom is -0.330 e. The Morgan fingerprint density at radius 2 is 1.35 bits per heavy atom. The molecule has 0 aliphatic heterocycles. The summed E-state index contributed by atoms with van der Waals surface area (Å²) >= 11 is 5.95. The third-order valence-corrected chi connectivity index (χ3v) is 3.94. The van der Waals surface area contributed by atoms with E-state index in [1.165, 1.54) is 16.7 Å². The number of hydrogen-bond donors (Lipinski definition) is 1. The first kappa shape index (κ1) is 15.1. The van der Waals surface area contributed by atoms with Crippen LogP contribution in [0.15, 0.2) is 48.5 Å². The Labute approximate surface area is 126 Å². The fourth-order valence-electron chi connectivity index (χ4n) is 2.38. The summed E-state index contributed by atoms with van der Waals surface area (Å²) in [4.78, 5) is 0. The lowest BCUT2D eigenvalue weighted by Gasteiger charge is -2.21. The topological polar surface area (TPSA) is 26.0 Å². The van der Waals surface area contributed by atoms with E-state index in [9.17, 15) is 0 Å². The van der Waals surface area contributed by atoms with E-state index in [0.717, 1.165) is 5.02 Å². The predicted molar refractivity (Wildman–Crippen MR) is 87.5 cm³/mol. The SMILES string of the molecule is CC(C)(C)c1ccc(C(CN)c2ccc(Cl)cc2)cc1. The van der Waals surface area contributed by atoms with Gasteiger partial charge in [0.1, 0.15) is 0 Å². The molecule has 0 aromatic heterocycles. The van der Waals surface area contributed by atoms with Crippen molar-refractivity contribution < 1.29 is 0 Å². The second-order valence-corrected chi connectivity index (χ2v) is 6.65. The molecule has 2 aromatic rings. The zero-order valence-corrected chi connectivity index (χ0v) is 13.1. The summed E-state index contributed by atoms with van der Waals surface area (Å²) in [6, 6.07) is 16.7. The average molecular weight is 288 g/mol. The van der Waals surface area contributed by atoms with E-state index in [1.54, 1.807) is 0 Å². The Kier molecular flexibility index (Phi) is 4.52. The Balaban J connectivity index is 2.30. The lowest BCUT2D eigenvalue weighted by Crippen LogP contribution is -2.15. The summed E-state index contributed by atoms with van der Waals surface area (Å²) in [7, 11) is 0. The second kappa shape index (κ2) is 5.99. The third-order valence-electron chi connectivity index (χ3n) is 3.69. The molecule has 106 valence electrons. The van der Waals surface area contributed by atoms with Crippen LogP contribution in [0.25, 0.3) is 0 Å². The molecular formula is C18H22ClN. The van der Waals surface area contributed by atoms with Crippen LogP contribution >= 0.6 is 11.6 Å². The number of rotatable bonds is 3. The summed E-state index contributed by atoms with van der Waals surface area (Å²) in [5.41, 5.74) is 9.95. The smallest absolute Gasteiger partial charge is 0.0406 e. The van der Waals surface area contributed by atoms with Gasteiger partial charge in [-0.25, -0.2) is 0 Å². The summed E-state index contributed by atoms with van der Waals surface area (Å²) in [6.07, 6.45) is 0. The van der Waals surface area contributed by atoms with Crippen molar-refractivity contribution in [1.29, 1.82) is 0 Å². The summed E-state index contributed by atoms with van der Waals surface area (Å²) in [6.45, 7) is 7.27. The van der Waals surface area contributed by atoms with Gasteiger partial charge in [-0.2, -0.15) is 0 Å². The van der Waals surface area contributed by atoms with E-state index in [-0.39, 0.29) is 11.3 Å². The highest BCUT2D eigenvalue weighted by atomic mass is 35.5. The third kappa shape index (κ3) is 3.41. The molecule has 0 saturated heterocycles. The number of halogens is 1. The predicted octanol–water partition coefficient (Wildman–Crippen LogP) is 4.73. The molecule has 20 heavy (non-hydrogen) atoms. The van der Waals surface area contributed by atoms with E-state index >= 15 is 0 Å². The van der Waals surface area contributed by atoms with Gasteiger partial charge in [0.15, 0.2) is 0 Å². The van der Waals surface area contributed by atoms with Crippen LogP contribution in [0.2, 0.25) is 5.02 Å². The van der Waals surface area contributed by atoms with Crippen molar-refractivity contribution in [2.24, 2.45) is 5.73 Å². The molecule has 0 aliphatic carbocycles. The molecule has 0 spiro atoms. The maximum Gasteiger partial charge on any atom is 0.0406 e. The van der Waals surface area contributed by atoms with Crippen molar-refractivity contribution >= 4 is 11.6 Å². The van der Waals surface area contributed by atoms with Gasteiger partial charge in [-0.3, -0.25) is 0 Å². The van der Waals surface area contributed by atoms with Crippen molar-refractivity contribution in [3.05, 3.63) is 70.2 Å². The fraction of sp³-hybridized carbons (Fsp3) is 0.333. The molecule has 2 N–H and O–H groups in total. The van der Waals surface area contributed by atoms with Gasteiger partial charge in [0.05, 0.1) is 0 Å². The largest absolute Gasteiger partial charge is 0.330 e. The summed E-state index contributed by atoms with van der Waals surface area (Å²) in [5, 5.41) is 0.757. The Hall–Kier alpha value is -1.31. The second-order valence-electron chi connectivity index (χ2n) is 6.21. The van der Waals surface area contributed by atoms with E-state index in [1.807, 2.05) is 12.1 Å². The van der Waals surface area contributed by atoms with Gasteiger partial charge in [-0.1, -0.05) is 68.8 Å². The summed E-state index contributed by atoms with van der Waals surface area (Å²) in [5.74, 6) is 0.223. The molecule has 0 bridgehead atoms. The molecule has 1 nitrogen and oxygen atoms in total. The molecule has 0 saturated carbocycles. The molecule has 2 heteroatoms. The normalized spacial score (nSPS) is 13.2. The van der Waals surface area contributed by atoms with Gasteiger partial charge in [-0.05, 0) is 34.2 Å².